The maximum atomic E-state index is 12.2. The van der Waals surface area contributed by atoms with Crippen molar-refractivity contribution < 1.29 is 14.3 Å². The normalized spacial score (nSPS) is 10.6. The van der Waals surface area contributed by atoms with Gasteiger partial charge in [0.1, 0.15) is 23.1 Å². The van der Waals surface area contributed by atoms with Gasteiger partial charge in [-0.25, -0.2) is 4.98 Å². The van der Waals surface area contributed by atoms with E-state index < -0.39 is 0 Å². The first-order chi connectivity index (χ1) is 14.0. The predicted molar refractivity (Wildman–Crippen MR) is 116 cm³/mol. The highest BCUT2D eigenvalue weighted by Gasteiger charge is 2.09. The number of thiazole rings is 1. The van der Waals surface area contributed by atoms with E-state index >= 15 is 0 Å². The van der Waals surface area contributed by atoms with Crippen LogP contribution >= 0.6 is 22.9 Å². The summed E-state index contributed by atoms with van der Waals surface area (Å²) in [4.78, 5) is 16.7. The number of ether oxygens (including phenoxy) is 2. The number of rotatable bonds is 9. The van der Waals surface area contributed by atoms with Gasteiger partial charge in [-0.1, -0.05) is 29.3 Å². The zero-order chi connectivity index (χ0) is 20.6. The topological polar surface area (TPSA) is 60.5 Å². The molecule has 1 aromatic heterocycles. The SMILES string of the molecule is COc1ccc(C)cc1CCNC(=O)Cc1csc(COc2ccc(Cl)cc2)n1. The molecule has 0 bridgehead atoms. The fourth-order valence-electron chi connectivity index (χ4n) is 2.84. The number of hydrogen-bond acceptors (Lipinski definition) is 5. The van der Waals surface area contributed by atoms with E-state index in [4.69, 9.17) is 21.1 Å². The van der Waals surface area contributed by atoms with Crippen LogP contribution in [-0.2, 0) is 24.2 Å². The first kappa shape index (κ1) is 21.1. The van der Waals surface area contributed by atoms with Crippen molar-refractivity contribution in [3.63, 3.8) is 0 Å². The maximum absolute atomic E-state index is 12.2. The number of amides is 1. The number of methoxy groups -OCH3 is 1. The second-order valence-electron chi connectivity index (χ2n) is 6.57. The average Bonchev–Trinajstić information content (AvgIpc) is 3.15. The quantitative estimate of drug-likeness (QED) is 0.539. The molecule has 3 aromatic rings. The third-order valence-corrected chi connectivity index (χ3v) is 5.39. The molecule has 7 heteroatoms. The van der Waals surface area contributed by atoms with Gasteiger partial charge in [0.15, 0.2) is 0 Å². The smallest absolute Gasteiger partial charge is 0.226 e. The van der Waals surface area contributed by atoms with E-state index in [9.17, 15) is 4.79 Å². The number of benzene rings is 2. The average molecular weight is 431 g/mol. The third kappa shape index (κ3) is 6.48. The van der Waals surface area contributed by atoms with Gasteiger partial charge < -0.3 is 14.8 Å². The van der Waals surface area contributed by atoms with Gasteiger partial charge in [0, 0.05) is 16.9 Å². The molecule has 0 spiro atoms. The Hall–Kier alpha value is -2.57. The zero-order valence-electron chi connectivity index (χ0n) is 16.4. The molecule has 0 fully saturated rings. The molecule has 0 aliphatic rings. The number of nitrogens with zero attached hydrogens (tertiary/aromatic N) is 1. The van der Waals surface area contributed by atoms with Gasteiger partial charge in [-0.15, -0.1) is 11.3 Å². The highest BCUT2D eigenvalue weighted by molar-refractivity contribution is 7.09. The Kier molecular flexibility index (Phi) is 7.49. The van der Waals surface area contributed by atoms with Crippen molar-refractivity contribution in [3.05, 3.63) is 74.7 Å². The number of halogens is 1. The summed E-state index contributed by atoms with van der Waals surface area (Å²) in [7, 11) is 1.66. The number of nitrogens with one attached hydrogen (secondary N) is 1. The minimum absolute atomic E-state index is 0.0490. The summed E-state index contributed by atoms with van der Waals surface area (Å²) in [6.45, 7) is 2.95. The molecule has 1 N–H and O–H groups in total. The fourth-order valence-corrected chi connectivity index (χ4v) is 3.67. The standard InChI is InChI=1S/C22H23ClN2O3S/c1-15-3-8-20(27-2)16(11-15)9-10-24-21(26)12-18-14-29-22(25-18)13-28-19-6-4-17(23)5-7-19/h3-8,11,14H,9-10,12-13H2,1-2H3,(H,24,26). The Morgan fingerprint density at radius 1 is 1.21 bits per heavy atom. The lowest BCUT2D eigenvalue weighted by atomic mass is 10.1. The van der Waals surface area contributed by atoms with Crippen LogP contribution < -0.4 is 14.8 Å². The molecule has 0 saturated heterocycles. The van der Waals surface area contributed by atoms with Crippen LogP contribution in [0.25, 0.3) is 0 Å². The van der Waals surface area contributed by atoms with Gasteiger partial charge in [-0.3, -0.25) is 4.79 Å². The van der Waals surface area contributed by atoms with E-state index in [0.717, 1.165) is 27.8 Å². The van der Waals surface area contributed by atoms with Crippen LogP contribution in [0.2, 0.25) is 5.02 Å². The molecule has 1 amide bonds. The monoisotopic (exact) mass is 430 g/mol. The highest BCUT2D eigenvalue weighted by Crippen LogP contribution is 2.20. The molecular formula is C22H23ClN2O3S. The molecular weight excluding hydrogens is 408 g/mol. The molecule has 0 aliphatic heterocycles. The van der Waals surface area contributed by atoms with E-state index in [1.165, 1.54) is 16.9 Å². The second-order valence-corrected chi connectivity index (χ2v) is 7.95. The Labute approximate surface area is 179 Å². The number of carbonyl (C=O) groups excluding carboxylic acids is 1. The van der Waals surface area contributed by atoms with Crippen molar-refractivity contribution in [3.8, 4) is 11.5 Å². The summed E-state index contributed by atoms with van der Waals surface area (Å²) in [5, 5.41) is 6.34. The van der Waals surface area contributed by atoms with Crippen LogP contribution in [0.4, 0.5) is 0 Å². The zero-order valence-corrected chi connectivity index (χ0v) is 18.0. The van der Waals surface area contributed by atoms with Crippen LogP contribution in [-0.4, -0.2) is 24.5 Å². The summed E-state index contributed by atoms with van der Waals surface area (Å²) in [6.07, 6.45) is 0.968. The molecule has 0 aliphatic carbocycles. The Morgan fingerprint density at radius 2 is 2.00 bits per heavy atom. The molecule has 29 heavy (non-hydrogen) atoms. The van der Waals surface area contributed by atoms with Crippen molar-refractivity contribution in [1.82, 2.24) is 10.3 Å². The molecule has 3 rings (SSSR count). The third-order valence-electron chi connectivity index (χ3n) is 4.27. The van der Waals surface area contributed by atoms with E-state index in [1.807, 2.05) is 36.6 Å². The Balaban J connectivity index is 1.44. The van der Waals surface area contributed by atoms with Crippen LogP contribution in [0.5, 0.6) is 11.5 Å². The second kappa shape index (κ2) is 10.3. The molecule has 0 unspecified atom stereocenters. The minimum Gasteiger partial charge on any atom is -0.496 e. The molecule has 5 nitrogen and oxygen atoms in total. The van der Waals surface area contributed by atoms with Crippen LogP contribution in [0.3, 0.4) is 0 Å². The molecule has 1 heterocycles. The van der Waals surface area contributed by atoms with Crippen LogP contribution in [0.15, 0.2) is 47.8 Å². The van der Waals surface area contributed by atoms with Gasteiger partial charge in [0.05, 0.1) is 19.2 Å². The Bertz CT molecular complexity index is 957. The molecule has 0 atom stereocenters. The van der Waals surface area contributed by atoms with Gasteiger partial charge in [-0.2, -0.15) is 0 Å². The van der Waals surface area contributed by atoms with Gasteiger partial charge in [0.25, 0.3) is 0 Å². The summed E-state index contributed by atoms with van der Waals surface area (Å²) in [5.74, 6) is 1.53. The van der Waals surface area contributed by atoms with Crippen LogP contribution in [0.1, 0.15) is 21.8 Å². The van der Waals surface area contributed by atoms with Crippen LogP contribution in [0, 0.1) is 6.92 Å². The lowest BCUT2D eigenvalue weighted by molar-refractivity contribution is -0.120. The first-order valence-electron chi connectivity index (χ1n) is 9.25. The van der Waals surface area contributed by atoms with Crippen molar-refractivity contribution in [2.45, 2.75) is 26.4 Å². The summed E-state index contributed by atoms with van der Waals surface area (Å²) in [5.41, 5.74) is 3.00. The summed E-state index contributed by atoms with van der Waals surface area (Å²) < 4.78 is 11.1. The van der Waals surface area contributed by atoms with Gasteiger partial charge in [-0.05, 0) is 49.2 Å². The highest BCUT2D eigenvalue weighted by atomic mass is 35.5. The predicted octanol–water partition coefficient (Wildman–Crippen LogP) is 4.59. The number of hydrogen-bond donors (Lipinski definition) is 1. The Morgan fingerprint density at radius 3 is 2.76 bits per heavy atom. The summed E-state index contributed by atoms with van der Waals surface area (Å²) in [6, 6.07) is 13.2. The largest absolute Gasteiger partial charge is 0.496 e. The van der Waals surface area contributed by atoms with E-state index in [0.29, 0.717) is 24.6 Å². The fraction of sp³-hybridized carbons (Fsp3) is 0.273. The molecule has 2 aromatic carbocycles. The lowest BCUT2D eigenvalue weighted by Gasteiger charge is -2.10. The number of aryl methyl sites for hydroxylation is 1. The number of carbonyl (C=O) groups is 1. The van der Waals surface area contributed by atoms with E-state index in [-0.39, 0.29) is 12.3 Å². The van der Waals surface area contributed by atoms with Gasteiger partial charge >= 0.3 is 0 Å². The first-order valence-corrected chi connectivity index (χ1v) is 10.5. The minimum atomic E-state index is -0.0490. The summed E-state index contributed by atoms with van der Waals surface area (Å²) >= 11 is 7.35. The van der Waals surface area contributed by atoms with E-state index in [2.05, 4.69) is 16.4 Å². The number of aromatic nitrogens is 1. The maximum Gasteiger partial charge on any atom is 0.226 e. The van der Waals surface area contributed by atoms with E-state index in [1.54, 1.807) is 19.2 Å². The van der Waals surface area contributed by atoms with Crippen molar-refractivity contribution >= 4 is 28.8 Å². The van der Waals surface area contributed by atoms with Crippen molar-refractivity contribution in [1.29, 1.82) is 0 Å². The lowest BCUT2D eigenvalue weighted by Crippen LogP contribution is -2.27. The molecule has 152 valence electrons. The van der Waals surface area contributed by atoms with Gasteiger partial charge in [0.2, 0.25) is 5.91 Å². The van der Waals surface area contributed by atoms with Crippen molar-refractivity contribution in [2.75, 3.05) is 13.7 Å². The molecule has 0 radical (unpaired) electrons. The van der Waals surface area contributed by atoms with Crippen molar-refractivity contribution in [2.24, 2.45) is 0 Å². The molecule has 0 saturated carbocycles.